The van der Waals surface area contributed by atoms with Crippen molar-refractivity contribution < 1.29 is 9.90 Å². The largest absolute Gasteiger partial charge is 0.508 e. The van der Waals surface area contributed by atoms with Gasteiger partial charge < -0.3 is 10.4 Å². The monoisotopic (exact) mass is 338 g/mol. The lowest BCUT2D eigenvalue weighted by Gasteiger charge is -2.17. The Bertz CT molecular complexity index is 712. The summed E-state index contributed by atoms with van der Waals surface area (Å²) in [6.07, 6.45) is 1.49. The van der Waals surface area contributed by atoms with E-state index in [1.54, 1.807) is 24.3 Å². The van der Waals surface area contributed by atoms with Gasteiger partial charge in [0.1, 0.15) is 5.75 Å². The average molecular weight is 338 g/mol. The van der Waals surface area contributed by atoms with Crippen molar-refractivity contribution in [2.45, 2.75) is 26.3 Å². The first-order chi connectivity index (χ1) is 12.1. The molecule has 2 aromatic rings. The molecule has 0 saturated carbocycles. The van der Waals surface area contributed by atoms with Gasteiger partial charge in [0.15, 0.2) is 0 Å². The van der Waals surface area contributed by atoms with Crippen LogP contribution in [-0.2, 0) is 17.8 Å². The summed E-state index contributed by atoms with van der Waals surface area (Å²) in [5.74, 6) is 0.792. The number of aryl methyl sites for hydroxylation is 1. The highest BCUT2D eigenvalue weighted by Gasteiger charge is 2.22. The molecule has 1 atom stereocenters. The molecule has 2 aromatic carbocycles. The van der Waals surface area contributed by atoms with Crippen LogP contribution in [0, 0.1) is 12.8 Å². The molecular weight excluding hydrogens is 312 g/mol. The summed E-state index contributed by atoms with van der Waals surface area (Å²) in [7, 11) is 0. The van der Waals surface area contributed by atoms with Gasteiger partial charge in [0.2, 0.25) is 5.91 Å². The topological polar surface area (TPSA) is 52.6 Å². The summed E-state index contributed by atoms with van der Waals surface area (Å²) in [5.41, 5.74) is 3.58. The molecule has 0 bridgehead atoms. The Morgan fingerprint density at radius 2 is 2.00 bits per heavy atom. The number of hydrogen-bond donors (Lipinski definition) is 2. The van der Waals surface area contributed by atoms with Crippen LogP contribution in [0.25, 0.3) is 0 Å². The predicted octanol–water partition coefficient (Wildman–Crippen LogP) is 2.88. The van der Waals surface area contributed by atoms with Crippen molar-refractivity contribution in [2.75, 3.05) is 19.6 Å². The van der Waals surface area contributed by atoms with E-state index in [2.05, 4.69) is 41.4 Å². The van der Waals surface area contributed by atoms with E-state index in [1.165, 1.54) is 11.1 Å². The highest BCUT2D eigenvalue weighted by molar-refractivity contribution is 5.78. The SMILES string of the molecule is Cc1cccc(CN2CCC(CNC(=O)Cc3ccc(O)cc3)C2)c1. The molecule has 1 unspecified atom stereocenters. The van der Waals surface area contributed by atoms with Crippen molar-refractivity contribution in [1.29, 1.82) is 0 Å². The molecule has 25 heavy (non-hydrogen) atoms. The number of likely N-dealkylation sites (tertiary alicyclic amines) is 1. The Morgan fingerprint density at radius 1 is 1.20 bits per heavy atom. The number of nitrogens with zero attached hydrogens (tertiary/aromatic N) is 1. The van der Waals surface area contributed by atoms with Gasteiger partial charge in [0.25, 0.3) is 0 Å². The van der Waals surface area contributed by atoms with Crippen molar-refractivity contribution >= 4 is 5.91 Å². The lowest BCUT2D eigenvalue weighted by Crippen LogP contribution is -2.31. The molecule has 1 saturated heterocycles. The first kappa shape index (κ1) is 17.5. The molecule has 0 aromatic heterocycles. The maximum absolute atomic E-state index is 12.1. The zero-order valence-corrected chi connectivity index (χ0v) is 14.7. The molecule has 1 fully saturated rings. The number of carbonyl (C=O) groups excluding carboxylic acids is 1. The first-order valence-corrected chi connectivity index (χ1v) is 8.91. The number of hydrogen-bond acceptors (Lipinski definition) is 3. The summed E-state index contributed by atoms with van der Waals surface area (Å²) in [6.45, 7) is 5.97. The third-order valence-corrected chi connectivity index (χ3v) is 4.75. The molecule has 1 aliphatic heterocycles. The molecule has 1 heterocycles. The molecular formula is C21H26N2O2. The molecule has 1 aliphatic rings. The molecule has 2 N–H and O–H groups in total. The second kappa shape index (κ2) is 8.17. The number of aromatic hydroxyl groups is 1. The van der Waals surface area contributed by atoms with E-state index in [4.69, 9.17) is 0 Å². The van der Waals surface area contributed by atoms with Crippen LogP contribution in [0.2, 0.25) is 0 Å². The van der Waals surface area contributed by atoms with Crippen molar-refractivity contribution in [3.8, 4) is 5.75 Å². The third kappa shape index (κ3) is 5.33. The van der Waals surface area contributed by atoms with E-state index in [-0.39, 0.29) is 11.7 Å². The fourth-order valence-corrected chi connectivity index (χ4v) is 3.41. The summed E-state index contributed by atoms with van der Waals surface area (Å²) in [4.78, 5) is 14.5. The average Bonchev–Trinajstić information content (AvgIpc) is 3.03. The van der Waals surface area contributed by atoms with E-state index in [9.17, 15) is 9.90 Å². The normalized spacial score (nSPS) is 17.6. The number of carbonyl (C=O) groups is 1. The number of amides is 1. The highest BCUT2D eigenvalue weighted by Crippen LogP contribution is 2.18. The highest BCUT2D eigenvalue weighted by atomic mass is 16.3. The number of nitrogens with one attached hydrogen (secondary N) is 1. The Labute approximate surface area is 149 Å². The molecule has 4 nitrogen and oxygen atoms in total. The zero-order chi connectivity index (χ0) is 17.6. The maximum atomic E-state index is 12.1. The van der Waals surface area contributed by atoms with Crippen molar-refractivity contribution in [3.63, 3.8) is 0 Å². The lowest BCUT2D eigenvalue weighted by molar-refractivity contribution is -0.120. The van der Waals surface area contributed by atoms with Crippen LogP contribution < -0.4 is 5.32 Å². The fourth-order valence-electron chi connectivity index (χ4n) is 3.41. The second-order valence-corrected chi connectivity index (χ2v) is 7.03. The number of rotatable bonds is 6. The Morgan fingerprint density at radius 3 is 2.76 bits per heavy atom. The molecule has 132 valence electrons. The van der Waals surface area contributed by atoms with Gasteiger partial charge in [0.05, 0.1) is 6.42 Å². The van der Waals surface area contributed by atoms with Crippen LogP contribution in [0.3, 0.4) is 0 Å². The maximum Gasteiger partial charge on any atom is 0.224 e. The molecule has 3 rings (SSSR count). The van der Waals surface area contributed by atoms with E-state index >= 15 is 0 Å². The Balaban J connectivity index is 1.40. The van der Waals surface area contributed by atoms with Crippen LogP contribution in [0.5, 0.6) is 5.75 Å². The fraction of sp³-hybridized carbons (Fsp3) is 0.381. The van der Waals surface area contributed by atoms with E-state index in [1.807, 2.05) is 0 Å². The van der Waals surface area contributed by atoms with Crippen molar-refractivity contribution in [2.24, 2.45) is 5.92 Å². The van der Waals surface area contributed by atoms with Crippen LogP contribution in [-0.4, -0.2) is 35.5 Å². The van der Waals surface area contributed by atoms with Gasteiger partial charge in [-0.3, -0.25) is 9.69 Å². The minimum absolute atomic E-state index is 0.0443. The summed E-state index contributed by atoms with van der Waals surface area (Å²) in [6, 6.07) is 15.5. The van der Waals surface area contributed by atoms with Crippen LogP contribution in [0.1, 0.15) is 23.1 Å². The van der Waals surface area contributed by atoms with Gasteiger partial charge in [-0.25, -0.2) is 0 Å². The first-order valence-electron chi connectivity index (χ1n) is 8.91. The van der Waals surface area contributed by atoms with Crippen molar-refractivity contribution in [1.82, 2.24) is 10.2 Å². The number of benzene rings is 2. The summed E-state index contributed by atoms with van der Waals surface area (Å²) < 4.78 is 0. The zero-order valence-electron chi connectivity index (χ0n) is 14.7. The van der Waals surface area contributed by atoms with Gasteiger partial charge in [-0.15, -0.1) is 0 Å². The van der Waals surface area contributed by atoms with E-state index in [0.29, 0.717) is 12.3 Å². The molecule has 0 spiro atoms. The molecule has 0 radical (unpaired) electrons. The molecule has 1 amide bonds. The van der Waals surface area contributed by atoms with Crippen LogP contribution in [0.4, 0.5) is 0 Å². The van der Waals surface area contributed by atoms with Crippen molar-refractivity contribution in [3.05, 3.63) is 65.2 Å². The Kier molecular flexibility index (Phi) is 5.71. The standard InChI is InChI=1S/C21H26N2O2/c1-16-3-2-4-18(11-16)14-23-10-9-19(15-23)13-22-21(25)12-17-5-7-20(24)8-6-17/h2-8,11,19,24H,9-10,12-15H2,1H3,(H,22,25). The van der Waals surface area contributed by atoms with Gasteiger partial charge in [-0.05, 0) is 49.1 Å². The third-order valence-electron chi connectivity index (χ3n) is 4.75. The minimum atomic E-state index is 0.0443. The number of phenols is 1. The van der Waals surface area contributed by atoms with Crippen LogP contribution >= 0.6 is 0 Å². The minimum Gasteiger partial charge on any atom is -0.508 e. The van der Waals surface area contributed by atoms with Gasteiger partial charge in [-0.1, -0.05) is 42.0 Å². The van der Waals surface area contributed by atoms with Gasteiger partial charge in [-0.2, -0.15) is 0 Å². The van der Waals surface area contributed by atoms with E-state index in [0.717, 1.165) is 38.2 Å². The predicted molar refractivity (Wildman–Crippen MR) is 99.4 cm³/mol. The van der Waals surface area contributed by atoms with Gasteiger partial charge >= 0.3 is 0 Å². The Hall–Kier alpha value is -2.33. The smallest absolute Gasteiger partial charge is 0.224 e. The lowest BCUT2D eigenvalue weighted by atomic mass is 10.1. The quantitative estimate of drug-likeness (QED) is 0.851. The molecule has 4 heteroatoms. The van der Waals surface area contributed by atoms with Crippen LogP contribution in [0.15, 0.2) is 48.5 Å². The van der Waals surface area contributed by atoms with E-state index < -0.39 is 0 Å². The summed E-state index contributed by atoms with van der Waals surface area (Å²) >= 11 is 0. The number of phenolic OH excluding ortho intramolecular Hbond substituents is 1. The van der Waals surface area contributed by atoms with Gasteiger partial charge in [0, 0.05) is 19.6 Å². The summed E-state index contributed by atoms with van der Waals surface area (Å²) in [5, 5.41) is 12.3. The second-order valence-electron chi connectivity index (χ2n) is 7.03. The molecule has 0 aliphatic carbocycles.